The van der Waals surface area contributed by atoms with Crippen LogP contribution >= 0.6 is 11.6 Å². The van der Waals surface area contributed by atoms with Gasteiger partial charge in [0.05, 0.1) is 18.2 Å². The Labute approximate surface area is 261 Å². The highest BCUT2D eigenvalue weighted by atomic mass is 35.5. The smallest absolute Gasteiger partial charge is 0.248 e. The van der Waals surface area contributed by atoms with E-state index in [2.05, 4.69) is 25.9 Å². The first-order valence-corrected chi connectivity index (χ1v) is 14.3. The second-order valence-corrected chi connectivity index (χ2v) is 10.1. The summed E-state index contributed by atoms with van der Waals surface area (Å²) >= 11 is 6.42. The van der Waals surface area contributed by atoms with E-state index in [0.717, 1.165) is 12.2 Å². The normalized spacial score (nSPS) is 11.1. The molecule has 3 aromatic carbocycles. The van der Waals surface area contributed by atoms with Gasteiger partial charge in [-0.05, 0) is 61.1 Å². The second-order valence-electron chi connectivity index (χ2n) is 9.74. The number of ether oxygens (including phenoxy) is 2. The Morgan fingerprint density at radius 3 is 2.48 bits per heavy atom. The van der Waals surface area contributed by atoms with Crippen LogP contribution in [0.5, 0.6) is 5.75 Å². The van der Waals surface area contributed by atoms with E-state index in [1.807, 2.05) is 30.1 Å². The average molecular weight is 620 g/mol. The lowest BCUT2D eigenvalue weighted by atomic mass is 10.2. The summed E-state index contributed by atoms with van der Waals surface area (Å²) in [6, 6.07) is 20.5. The summed E-state index contributed by atoms with van der Waals surface area (Å²) in [5.74, 6) is 1.01. The lowest BCUT2D eigenvalue weighted by Gasteiger charge is -2.14. The fraction of sp³-hybridized carbons (Fsp3) is 0.219. The predicted molar refractivity (Wildman–Crippen MR) is 172 cm³/mol. The summed E-state index contributed by atoms with van der Waals surface area (Å²) in [5.41, 5.74) is 8.18. The first kappa shape index (κ1) is 32.4. The van der Waals surface area contributed by atoms with Crippen molar-refractivity contribution in [1.82, 2.24) is 14.9 Å². The molecule has 0 spiro atoms. The van der Waals surface area contributed by atoms with Crippen molar-refractivity contribution in [3.05, 3.63) is 108 Å². The molecule has 230 valence electrons. The molecule has 0 radical (unpaired) electrons. The topological polar surface area (TPSA) is 127 Å². The van der Waals surface area contributed by atoms with Gasteiger partial charge in [-0.25, -0.2) is 14.4 Å². The van der Waals surface area contributed by atoms with Crippen molar-refractivity contribution in [3.8, 4) is 5.75 Å². The summed E-state index contributed by atoms with van der Waals surface area (Å²) in [6.45, 7) is 3.19. The molecule has 0 atom stereocenters. The summed E-state index contributed by atoms with van der Waals surface area (Å²) in [4.78, 5) is 23.0. The van der Waals surface area contributed by atoms with E-state index in [1.54, 1.807) is 48.5 Å². The first-order chi connectivity index (χ1) is 21.4. The van der Waals surface area contributed by atoms with Crippen LogP contribution < -0.4 is 26.4 Å². The van der Waals surface area contributed by atoms with Gasteiger partial charge in [0.15, 0.2) is 0 Å². The number of carbonyl (C=O) groups is 1. The fourth-order valence-corrected chi connectivity index (χ4v) is 4.20. The Balaban J connectivity index is 1.28. The molecule has 0 aliphatic carbocycles. The molecule has 1 heterocycles. The quantitative estimate of drug-likeness (QED) is 0.0917. The molecule has 44 heavy (non-hydrogen) atoms. The molecular weight excluding hydrogens is 585 g/mol. The molecule has 0 unspecified atom stereocenters. The van der Waals surface area contributed by atoms with E-state index in [4.69, 9.17) is 26.8 Å². The van der Waals surface area contributed by atoms with E-state index in [9.17, 15) is 9.18 Å². The van der Waals surface area contributed by atoms with Crippen LogP contribution in [0.2, 0.25) is 5.02 Å². The van der Waals surface area contributed by atoms with Crippen molar-refractivity contribution in [2.75, 3.05) is 55.8 Å². The Kier molecular flexibility index (Phi) is 12.4. The van der Waals surface area contributed by atoms with Gasteiger partial charge in [-0.15, -0.1) is 0 Å². The molecule has 0 aliphatic rings. The Bertz CT molecular complexity index is 1560. The van der Waals surface area contributed by atoms with Gasteiger partial charge in [-0.2, -0.15) is 0 Å². The van der Waals surface area contributed by atoms with Crippen LogP contribution in [-0.2, 0) is 16.1 Å². The summed E-state index contributed by atoms with van der Waals surface area (Å²) in [5, 5.41) is 9.69. The number of hydrogen-bond donors (Lipinski definition) is 4. The zero-order chi connectivity index (χ0) is 31.1. The first-order valence-electron chi connectivity index (χ1n) is 13.9. The van der Waals surface area contributed by atoms with Gasteiger partial charge in [-0.1, -0.05) is 35.9 Å². The summed E-state index contributed by atoms with van der Waals surface area (Å²) in [6.07, 6.45) is 4.74. The minimum absolute atomic E-state index is 0.191. The van der Waals surface area contributed by atoms with E-state index >= 15 is 0 Å². The number of rotatable bonds is 16. The molecule has 1 aromatic heterocycles. The molecule has 5 N–H and O–H groups in total. The molecule has 1 amide bonds. The highest BCUT2D eigenvalue weighted by molar-refractivity contribution is 6.32. The zero-order valence-electron chi connectivity index (χ0n) is 24.3. The van der Waals surface area contributed by atoms with Crippen LogP contribution in [0.25, 0.3) is 0 Å². The van der Waals surface area contributed by atoms with Crippen molar-refractivity contribution in [2.24, 2.45) is 5.73 Å². The minimum Gasteiger partial charge on any atom is -0.487 e. The van der Waals surface area contributed by atoms with Crippen LogP contribution in [0.1, 0.15) is 5.56 Å². The molecule has 0 fully saturated rings. The molecule has 0 saturated carbocycles. The van der Waals surface area contributed by atoms with Gasteiger partial charge < -0.3 is 36.1 Å². The van der Waals surface area contributed by atoms with Crippen molar-refractivity contribution >= 4 is 46.2 Å². The third-order valence-electron chi connectivity index (χ3n) is 6.12. The number of nitrogens with one attached hydrogen (secondary N) is 3. The van der Waals surface area contributed by atoms with Crippen molar-refractivity contribution in [3.63, 3.8) is 0 Å². The third-order valence-corrected chi connectivity index (χ3v) is 6.42. The van der Waals surface area contributed by atoms with Crippen molar-refractivity contribution in [2.45, 2.75) is 6.61 Å². The SMILES string of the molecule is CN(C/C=C/C(=O)Nc1cccc(Nc2cc(Nc3ccc(OCc4cccc(F)c4)c(Cl)c3)ncn2)c1)CCOCCN. The number of benzene rings is 3. The highest BCUT2D eigenvalue weighted by Gasteiger charge is 2.07. The van der Waals surface area contributed by atoms with Gasteiger partial charge in [0.1, 0.15) is 36.1 Å². The van der Waals surface area contributed by atoms with Gasteiger partial charge in [0.2, 0.25) is 5.91 Å². The highest BCUT2D eigenvalue weighted by Crippen LogP contribution is 2.30. The fourth-order valence-electron chi connectivity index (χ4n) is 3.97. The zero-order valence-corrected chi connectivity index (χ0v) is 25.1. The molecule has 10 nitrogen and oxygen atoms in total. The standard InChI is InChI=1S/C32H35ClFN7O3/c1-41(14-16-43-15-12-35)13-4-9-32(42)40-26-8-3-7-25(18-26)38-30-20-31(37-22-36-30)39-27-10-11-29(28(33)19-27)44-21-23-5-2-6-24(34)17-23/h2-11,17-20,22H,12-16,21,35H2,1H3,(H,40,42)(H2,36,37,38,39)/b9-4+. The van der Waals surface area contributed by atoms with E-state index < -0.39 is 0 Å². The number of carbonyl (C=O) groups excluding carboxylic acids is 1. The minimum atomic E-state index is -0.320. The maximum atomic E-state index is 13.4. The van der Waals surface area contributed by atoms with Gasteiger partial charge >= 0.3 is 0 Å². The van der Waals surface area contributed by atoms with E-state index in [1.165, 1.54) is 24.5 Å². The number of likely N-dealkylation sites (N-methyl/N-ethyl adjacent to an activating group) is 1. The molecule has 4 aromatic rings. The van der Waals surface area contributed by atoms with Crippen LogP contribution in [0.15, 0.2) is 91.3 Å². The Hall–Kier alpha value is -4.55. The number of aromatic nitrogens is 2. The van der Waals surface area contributed by atoms with Crippen molar-refractivity contribution < 1.29 is 18.7 Å². The van der Waals surface area contributed by atoms with Crippen LogP contribution in [0.3, 0.4) is 0 Å². The van der Waals surface area contributed by atoms with Gasteiger partial charge in [0, 0.05) is 48.8 Å². The number of hydrogen-bond acceptors (Lipinski definition) is 9. The maximum absolute atomic E-state index is 13.4. The van der Waals surface area contributed by atoms with Crippen LogP contribution in [0.4, 0.5) is 33.1 Å². The Morgan fingerprint density at radius 1 is 0.977 bits per heavy atom. The second kappa shape index (κ2) is 16.9. The van der Waals surface area contributed by atoms with Gasteiger partial charge in [0.25, 0.3) is 0 Å². The number of amides is 1. The molecule has 12 heteroatoms. The molecule has 0 aliphatic heterocycles. The molecular formula is C32H35ClFN7O3. The summed E-state index contributed by atoms with van der Waals surface area (Å²) < 4.78 is 24.5. The number of anilines is 5. The third kappa shape index (κ3) is 10.9. The summed E-state index contributed by atoms with van der Waals surface area (Å²) in [7, 11) is 1.95. The molecule has 4 rings (SSSR count). The number of nitrogens with zero attached hydrogens (tertiary/aromatic N) is 3. The monoisotopic (exact) mass is 619 g/mol. The Morgan fingerprint density at radius 2 is 1.73 bits per heavy atom. The van der Waals surface area contributed by atoms with Crippen molar-refractivity contribution in [1.29, 1.82) is 0 Å². The lowest BCUT2D eigenvalue weighted by molar-refractivity contribution is -0.111. The molecule has 0 saturated heterocycles. The number of halogens is 2. The largest absolute Gasteiger partial charge is 0.487 e. The van der Waals surface area contributed by atoms with Gasteiger partial charge in [-0.3, -0.25) is 4.79 Å². The van der Waals surface area contributed by atoms with Crippen LogP contribution in [-0.4, -0.2) is 60.7 Å². The maximum Gasteiger partial charge on any atom is 0.248 e. The van der Waals surface area contributed by atoms with Crippen LogP contribution in [0, 0.1) is 5.82 Å². The van der Waals surface area contributed by atoms with E-state index in [0.29, 0.717) is 65.6 Å². The number of nitrogens with two attached hydrogens (primary N) is 1. The average Bonchev–Trinajstić information content (AvgIpc) is 2.99. The molecule has 0 bridgehead atoms. The van der Waals surface area contributed by atoms with E-state index in [-0.39, 0.29) is 18.3 Å². The lowest BCUT2D eigenvalue weighted by Crippen LogP contribution is -2.24. The predicted octanol–water partition coefficient (Wildman–Crippen LogP) is 5.74.